The van der Waals surface area contributed by atoms with E-state index in [1.165, 1.54) is 0 Å². The van der Waals surface area contributed by atoms with Crippen molar-refractivity contribution in [1.82, 2.24) is 34.9 Å². The van der Waals surface area contributed by atoms with Gasteiger partial charge < -0.3 is 0 Å². The maximum Gasteiger partial charge on any atom is 0.164 e. The van der Waals surface area contributed by atoms with Crippen LogP contribution in [-0.4, -0.2) is 34.9 Å². The second-order valence-electron chi connectivity index (χ2n) is 14.2. The van der Waals surface area contributed by atoms with Gasteiger partial charge in [0.1, 0.15) is 0 Å². The molecule has 0 aliphatic rings. The smallest absolute Gasteiger partial charge is 0.164 e. The first-order valence-electron chi connectivity index (χ1n) is 19.1. The summed E-state index contributed by atoms with van der Waals surface area (Å²) < 4.78 is 0. The fourth-order valence-electron chi connectivity index (χ4n) is 7.62. The highest BCUT2D eigenvalue weighted by molar-refractivity contribution is 6.10. The molecule has 0 atom stereocenters. The summed E-state index contributed by atoms with van der Waals surface area (Å²) in [6.07, 6.45) is 3.63. The highest BCUT2D eigenvalue weighted by Crippen LogP contribution is 2.35. The molecule has 0 fully saturated rings. The van der Waals surface area contributed by atoms with Gasteiger partial charge >= 0.3 is 0 Å². The number of pyridine rings is 4. The summed E-state index contributed by atoms with van der Waals surface area (Å²) in [6.45, 7) is 0. The van der Waals surface area contributed by atoms with Crippen LogP contribution < -0.4 is 0 Å². The van der Waals surface area contributed by atoms with Crippen LogP contribution >= 0.6 is 0 Å². The molecule has 0 saturated heterocycles. The zero-order chi connectivity index (χ0) is 38.4. The molecule has 5 heterocycles. The summed E-state index contributed by atoms with van der Waals surface area (Å²) in [4.78, 5) is 34.3. The van der Waals surface area contributed by atoms with Crippen LogP contribution in [0.3, 0.4) is 0 Å². The minimum absolute atomic E-state index is 0.618. The SMILES string of the molecule is c1ccc(-c2nc(-c3ccccc3)nc(-c3ccc(-c4ccc5ccc(-c6ccc7ccc(-c8cc9cccnc9c9ncccc89)nc7c6)cc5n4)cc3)n2)cc1. The lowest BCUT2D eigenvalue weighted by Crippen LogP contribution is -2.00. The number of nitrogens with zero attached hydrogens (tertiary/aromatic N) is 7. The quantitative estimate of drug-likeness (QED) is 0.157. The molecule has 7 nitrogen and oxygen atoms in total. The van der Waals surface area contributed by atoms with Gasteiger partial charge in [0.05, 0.1) is 33.5 Å². The predicted octanol–water partition coefficient (Wildman–Crippen LogP) is 12.1. The van der Waals surface area contributed by atoms with Crippen molar-refractivity contribution in [3.8, 4) is 67.8 Å². The number of fused-ring (bicyclic) bond motifs is 5. The fourth-order valence-corrected chi connectivity index (χ4v) is 7.62. The highest BCUT2D eigenvalue weighted by atomic mass is 15.0. The maximum atomic E-state index is 5.20. The van der Waals surface area contributed by atoms with Crippen molar-refractivity contribution in [2.75, 3.05) is 0 Å². The summed E-state index contributed by atoms with van der Waals surface area (Å²) in [6, 6.07) is 59.9. The van der Waals surface area contributed by atoms with E-state index in [4.69, 9.17) is 29.9 Å². The molecular weight excluding hydrogens is 711 g/mol. The van der Waals surface area contributed by atoms with Gasteiger partial charge in [-0.2, -0.15) is 0 Å². The third kappa shape index (κ3) is 6.08. The Morgan fingerprint density at radius 2 is 0.776 bits per heavy atom. The first-order valence-corrected chi connectivity index (χ1v) is 19.1. The van der Waals surface area contributed by atoms with Crippen LogP contribution in [-0.2, 0) is 0 Å². The summed E-state index contributed by atoms with van der Waals surface area (Å²) >= 11 is 0. The van der Waals surface area contributed by atoms with Gasteiger partial charge in [0.25, 0.3) is 0 Å². The second kappa shape index (κ2) is 13.9. The van der Waals surface area contributed by atoms with E-state index in [2.05, 4.69) is 108 Å². The van der Waals surface area contributed by atoms with Crippen molar-refractivity contribution in [2.24, 2.45) is 0 Å². The van der Waals surface area contributed by atoms with Crippen molar-refractivity contribution in [2.45, 2.75) is 0 Å². The average molecular weight is 742 g/mol. The molecule has 0 spiro atoms. The van der Waals surface area contributed by atoms with Crippen LogP contribution in [0.5, 0.6) is 0 Å². The minimum atomic E-state index is 0.618. The Labute approximate surface area is 333 Å². The minimum Gasteiger partial charge on any atom is -0.254 e. The molecule has 0 amide bonds. The number of aromatic nitrogens is 7. The van der Waals surface area contributed by atoms with E-state index >= 15 is 0 Å². The monoisotopic (exact) mass is 741 g/mol. The van der Waals surface area contributed by atoms with Crippen LogP contribution in [0.15, 0.2) is 188 Å². The molecule has 7 heteroatoms. The van der Waals surface area contributed by atoms with Crippen LogP contribution in [0, 0.1) is 0 Å². The zero-order valence-corrected chi connectivity index (χ0v) is 31.0. The highest BCUT2D eigenvalue weighted by Gasteiger charge is 2.15. The Balaban J connectivity index is 0.924. The lowest BCUT2D eigenvalue weighted by atomic mass is 9.99. The van der Waals surface area contributed by atoms with E-state index in [0.717, 1.165) is 93.9 Å². The first-order chi connectivity index (χ1) is 28.7. The van der Waals surface area contributed by atoms with Gasteiger partial charge in [-0.3, -0.25) is 9.97 Å². The molecule has 58 heavy (non-hydrogen) atoms. The Morgan fingerprint density at radius 1 is 0.293 bits per heavy atom. The maximum absolute atomic E-state index is 5.20. The van der Waals surface area contributed by atoms with E-state index in [-0.39, 0.29) is 0 Å². The van der Waals surface area contributed by atoms with E-state index < -0.39 is 0 Å². The molecule has 0 saturated carbocycles. The van der Waals surface area contributed by atoms with Crippen LogP contribution in [0.4, 0.5) is 0 Å². The number of rotatable bonds is 6. The van der Waals surface area contributed by atoms with Gasteiger partial charge in [-0.15, -0.1) is 0 Å². The number of hydrogen-bond acceptors (Lipinski definition) is 7. The molecule has 0 bridgehead atoms. The lowest BCUT2D eigenvalue weighted by Gasteiger charge is -2.11. The van der Waals surface area contributed by atoms with Gasteiger partial charge in [0, 0.05) is 61.8 Å². The topological polar surface area (TPSA) is 90.2 Å². The molecule has 6 aromatic carbocycles. The van der Waals surface area contributed by atoms with Gasteiger partial charge in [0.2, 0.25) is 0 Å². The van der Waals surface area contributed by atoms with Crippen molar-refractivity contribution in [3.05, 3.63) is 188 Å². The van der Waals surface area contributed by atoms with Gasteiger partial charge in [0.15, 0.2) is 17.5 Å². The molecular formula is C51H31N7. The Kier molecular flexibility index (Phi) is 8.00. The molecule has 0 unspecified atom stereocenters. The summed E-state index contributed by atoms with van der Waals surface area (Å²) in [7, 11) is 0. The Bertz CT molecular complexity index is 3270. The molecule has 11 rings (SSSR count). The standard InChI is InChI=1S/C51H31N7/c1-3-9-35(10-4-1)49-56-50(36-11-5-2-6-12-36)58-51(57-49)37-19-15-32(16-20-37)43-25-23-33-17-21-38(30-45(33)54-43)39-22-18-34-24-26-44(55-46(34)31-39)42-29-40-13-7-27-52-47(40)48-41(42)14-8-28-53-48/h1-31H. The van der Waals surface area contributed by atoms with E-state index in [1.807, 2.05) is 85.2 Å². The molecule has 11 aromatic rings. The molecule has 0 aliphatic carbocycles. The number of benzene rings is 6. The van der Waals surface area contributed by atoms with Crippen molar-refractivity contribution in [1.29, 1.82) is 0 Å². The van der Waals surface area contributed by atoms with Gasteiger partial charge in [-0.05, 0) is 53.6 Å². The Morgan fingerprint density at radius 3 is 1.40 bits per heavy atom. The predicted molar refractivity (Wildman–Crippen MR) is 234 cm³/mol. The zero-order valence-electron chi connectivity index (χ0n) is 31.0. The molecule has 0 aliphatic heterocycles. The van der Waals surface area contributed by atoms with Crippen LogP contribution in [0.25, 0.3) is 111 Å². The van der Waals surface area contributed by atoms with Gasteiger partial charge in [-0.25, -0.2) is 24.9 Å². The van der Waals surface area contributed by atoms with Crippen molar-refractivity contribution < 1.29 is 0 Å². The number of hydrogen-bond donors (Lipinski definition) is 0. The second-order valence-corrected chi connectivity index (χ2v) is 14.2. The average Bonchev–Trinajstić information content (AvgIpc) is 3.31. The van der Waals surface area contributed by atoms with Crippen LogP contribution in [0.1, 0.15) is 0 Å². The molecule has 270 valence electrons. The van der Waals surface area contributed by atoms with E-state index in [0.29, 0.717) is 17.5 Å². The summed E-state index contributed by atoms with van der Waals surface area (Å²) in [5.74, 6) is 1.89. The molecule has 0 N–H and O–H groups in total. The van der Waals surface area contributed by atoms with Gasteiger partial charge in [-0.1, -0.05) is 133 Å². The molecule has 5 aromatic heterocycles. The first kappa shape index (κ1) is 33.3. The van der Waals surface area contributed by atoms with Crippen molar-refractivity contribution in [3.63, 3.8) is 0 Å². The third-order valence-corrected chi connectivity index (χ3v) is 10.6. The third-order valence-electron chi connectivity index (χ3n) is 10.6. The summed E-state index contributed by atoms with van der Waals surface area (Å²) in [5, 5.41) is 4.22. The Hall–Kier alpha value is -8.03. The lowest BCUT2D eigenvalue weighted by molar-refractivity contribution is 1.07. The fraction of sp³-hybridized carbons (Fsp3) is 0. The normalized spacial score (nSPS) is 11.4. The van der Waals surface area contributed by atoms with Crippen molar-refractivity contribution >= 4 is 43.6 Å². The van der Waals surface area contributed by atoms with E-state index in [9.17, 15) is 0 Å². The summed E-state index contributed by atoms with van der Waals surface area (Å²) in [5.41, 5.74) is 12.4. The molecule has 0 radical (unpaired) electrons. The largest absolute Gasteiger partial charge is 0.254 e. The van der Waals surface area contributed by atoms with E-state index in [1.54, 1.807) is 0 Å². The van der Waals surface area contributed by atoms with Crippen LogP contribution in [0.2, 0.25) is 0 Å².